The molecule has 0 radical (unpaired) electrons. The van der Waals surface area contributed by atoms with E-state index in [4.69, 9.17) is 21.6 Å². The summed E-state index contributed by atoms with van der Waals surface area (Å²) in [6.45, 7) is 0.0826. The number of benzene rings is 2. The molecule has 200 valence electrons. The summed E-state index contributed by atoms with van der Waals surface area (Å²) in [7, 11) is 1.45. The predicted molar refractivity (Wildman–Crippen MR) is 134 cm³/mol. The van der Waals surface area contributed by atoms with Crippen LogP contribution in [-0.4, -0.2) is 68.4 Å². The largest absolute Gasteiger partial charge is 0.493 e. The Morgan fingerprint density at radius 1 is 1.24 bits per heavy atom. The summed E-state index contributed by atoms with van der Waals surface area (Å²) in [5.41, 5.74) is -1.07. The highest BCUT2D eigenvalue weighted by Gasteiger charge is 2.42. The number of rotatable bonds is 7. The number of aromatic hydroxyl groups is 1. The number of hydrogen-bond donors (Lipinski definition) is 4. The van der Waals surface area contributed by atoms with Crippen molar-refractivity contribution in [3.8, 4) is 11.6 Å². The Balaban J connectivity index is 1.54. The van der Waals surface area contributed by atoms with Crippen LogP contribution in [0.5, 0.6) is 5.88 Å². The zero-order valence-electron chi connectivity index (χ0n) is 19.9. The molecule has 0 saturated carbocycles. The molecule has 1 aromatic heterocycles. The lowest BCUT2D eigenvalue weighted by Gasteiger charge is -2.27. The van der Waals surface area contributed by atoms with Crippen LogP contribution in [0.3, 0.4) is 0 Å². The first kappa shape index (κ1) is 26.7. The fraction of sp³-hybridized carbons (Fsp3) is 0.250. The molecule has 1 fully saturated rings. The van der Waals surface area contributed by atoms with Crippen molar-refractivity contribution in [3.63, 3.8) is 0 Å². The van der Waals surface area contributed by atoms with Gasteiger partial charge in [0.1, 0.15) is 11.9 Å². The zero-order chi connectivity index (χ0) is 27.6. The standard InChI is InChI=1S/C24H23ClFN5O7/c1-38-15-10-19(29(12-15)24(37)31(25)13-5-3-2-4-6-13)21(34)27-17-8-7-14(9-16(17)26)30-22(35)18(11-20(32)33)28-23(30)36/h2-9,15,19,35H,10-12H2,1H3,(H,27,34)(H,28,36)(H,32,33). The van der Waals surface area contributed by atoms with Gasteiger partial charge in [-0.2, -0.15) is 0 Å². The number of imidazole rings is 1. The van der Waals surface area contributed by atoms with Gasteiger partial charge >= 0.3 is 17.7 Å². The third-order valence-corrected chi connectivity index (χ3v) is 6.37. The van der Waals surface area contributed by atoms with Gasteiger partial charge in [-0.05, 0) is 24.3 Å². The number of methoxy groups -OCH3 is 1. The number of amides is 3. The van der Waals surface area contributed by atoms with Crippen molar-refractivity contribution in [2.45, 2.75) is 25.0 Å². The van der Waals surface area contributed by atoms with E-state index in [9.17, 15) is 28.7 Å². The van der Waals surface area contributed by atoms with Gasteiger partial charge < -0.3 is 30.2 Å². The Morgan fingerprint density at radius 3 is 2.58 bits per heavy atom. The van der Waals surface area contributed by atoms with Crippen molar-refractivity contribution >= 4 is 41.1 Å². The van der Waals surface area contributed by atoms with Crippen LogP contribution >= 0.6 is 11.8 Å². The van der Waals surface area contributed by atoms with E-state index < -0.39 is 53.9 Å². The van der Waals surface area contributed by atoms with Gasteiger partial charge in [0.2, 0.25) is 11.8 Å². The van der Waals surface area contributed by atoms with E-state index >= 15 is 0 Å². The number of carbonyl (C=O) groups excluding carboxylic acids is 2. The minimum absolute atomic E-state index is 0.0826. The number of nitrogens with zero attached hydrogens (tertiary/aromatic N) is 3. The van der Waals surface area contributed by atoms with Gasteiger partial charge in [0.05, 0.1) is 35.3 Å². The molecule has 14 heteroatoms. The summed E-state index contributed by atoms with van der Waals surface area (Å²) in [6, 6.07) is 10.0. The number of aromatic amines is 1. The van der Waals surface area contributed by atoms with Gasteiger partial charge in [-0.3, -0.25) is 9.59 Å². The molecule has 2 aromatic carbocycles. The number of urea groups is 1. The second kappa shape index (κ2) is 10.9. The van der Waals surface area contributed by atoms with E-state index in [-0.39, 0.29) is 30.0 Å². The quantitative estimate of drug-likeness (QED) is 0.331. The Morgan fingerprint density at radius 2 is 1.95 bits per heavy atom. The van der Waals surface area contributed by atoms with Gasteiger partial charge in [0.25, 0.3) is 0 Å². The van der Waals surface area contributed by atoms with E-state index in [2.05, 4.69) is 10.3 Å². The Labute approximate surface area is 219 Å². The number of para-hydroxylation sites is 1. The molecule has 1 aliphatic heterocycles. The molecular formula is C24H23ClFN5O7. The highest BCUT2D eigenvalue weighted by Crippen LogP contribution is 2.28. The maximum atomic E-state index is 15.0. The number of aliphatic carboxylic acids is 1. The number of ether oxygens (including phenoxy) is 1. The lowest BCUT2D eigenvalue weighted by atomic mass is 10.1. The second-order valence-electron chi connectivity index (χ2n) is 8.45. The maximum Gasteiger partial charge on any atom is 0.340 e. The molecule has 3 amide bonds. The van der Waals surface area contributed by atoms with Crippen LogP contribution in [0, 0.1) is 5.82 Å². The molecular weight excluding hydrogens is 525 g/mol. The normalized spacial score (nSPS) is 16.9. The number of nitrogens with one attached hydrogen (secondary N) is 2. The summed E-state index contributed by atoms with van der Waals surface area (Å²) in [6.07, 6.45) is -0.953. The summed E-state index contributed by atoms with van der Waals surface area (Å²) >= 11 is 6.24. The van der Waals surface area contributed by atoms with Gasteiger partial charge in [-0.25, -0.2) is 23.0 Å². The molecule has 3 aromatic rings. The van der Waals surface area contributed by atoms with Gasteiger partial charge in [-0.15, -0.1) is 0 Å². The molecule has 2 atom stereocenters. The van der Waals surface area contributed by atoms with E-state index in [1.165, 1.54) is 24.1 Å². The summed E-state index contributed by atoms with van der Waals surface area (Å²) < 4.78 is 21.9. The Hall–Kier alpha value is -4.36. The van der Waals surface area contributed by atoms with Crippen molar-refractivity contribution in [1.82, 2.24) is 14.5 Å². The van der Waals surface area contributed by atoms with Crippen LogP contribution in [0.15, 0.2) is 53.3 Å². The predicted octanol–water partition coefficient (Wildman–Crippen LogP) is 2.45. The third kappa shape index (κ3) is 5.33. The molecule has 12 nitrogen and oxygen atoms in total. The molecule has 1 aliphatic rings. The van der Waals surface area contributed by atoms with E-state index in [0.717, 1.165) is 10.5 Å². The lowest BCUT2D eigenvalue weighted by molar-refractivity contribution is -0.136. The Bertz CT molecular complexity index is 1430. The first-order valence-electron chi connectivity index (χ1n) is 11.3. The zero-order valence-corrected chi connectivity index (χ0v) is 20.7. The SMILES string of the molecule is COC1CC(C(=O)Nc2ccc(-n3c(O)c(CC(=O)O)[nH]c3=O)cc2F)N(C(=O)N(Cl)c2ccccc2)C1. The second-order valence-corrected chi connectivity index (χ2v) is 8.79. The fourth-order valence-electron chi connectivity index (χ4n) is 4.16. The summed E-state index contributed by atoms with van der Waals surface area (Å²) in [5, 5.41) is 21.6. The monoisotopic (exact) mass is 547 g/mol. The number of likely N-dealkylation sites (tertiary alicyclic amines) is 1. The third-order valence-electron chi connectivity index (χ3n) is 6.03. The molecule has 1 saturated heterocycles. The highest BCUT2D eigenvalue weighted by atomic mass is 35.5. The molecule has 0 spiro atoms. The van der Waals surface area contributed by atoms with E-state index in [1.807, 2.05) is 0 Å². The molecule has 4 rings (SSSR count). The van der Waals surface area contributed by atoms with Crippen molar-refractivity contribution in [3.05, 3.63) is 70.5 Å². The smallest absolute Gasteiger partial charge is 0.340 e. The average Bonchev–Trinajstić information content (AvgIpc) is 3.45. The number of anilines is 2. The van der Waals surface area contributed by atoms with Crippen molar-refractivity contribution in [2.24, 2.45) is 0 Å². The lowest BCUT2D eigenvalue weighted by Crippen LogP contribution is -2.47. The minimum atomic E-state index is -1.28. The topological polar surface area (TPSA) is 157 Å². The van der Waals surface area contributed by atoms with Gasteiger partial charge in [0.15, 0.2) is 0 Å². The number of carboxylic acid groups (broad SMARTS) is 1. The minimum Gasteiger partial charge on any atom is -0.493 e. The fourth-order valence-corrected chi connectivity index (χ4v) is 4.37. The molecule has 4 N–H and O–H groups in total. The van der Waals surface area contributed by atoms with Crippen molar-refractivity contribution < 1.29 is 33.7 Å². The van der Waals surface area contributed by atoms with Crippen molar-refractivity contribution in [2.75, 3.05) is 23.4 Å². The first-order valence-corrected chi connectivity index (χ1v) is 11.6. The highest BCUT2D eigenvalue weighted by molar-refractivity contribution is 6.36. The number of carboxylic acids is 1. The van der Waals surface area contributed by atoms with Crippen LogP contribution in [0.2, 0.25) is 0 Å². The number of H-pyrrole nitrogens is 1. The number of hydrogen-bond acceptors (Lipinski definition) is 6. The first-order chi connectivity index (χ1) is 18.1. The summed E-state index contributed by atoms with van der Waals surface area (Å²) in [4.78, 5) is 52.8. The van der Waals surface area contributed by atoms with Gasteiger partial charge in [-0.1, -0.05) is 18.2 Å². The van der Waals surface area contributed by atoms with Crippen LogP contribution in [-0.2, 0) is 20.7 Å². The van der Waals surface area contributed by atoms with Crippen molar-refractivity contribution in [1.29, 1.82) is 0 Å². The molecule has 2 unspecified atom stereocenters. The number of aromatic nitrogens is 2. The molecule has 38 heavy (non-hydrogen) atoms. The summed E-state index contributed by atoms with van der Waals surface area (Å²) in [5.74, 6) is -3.59. The van der Waals surface area contributed by atoms with Crippen LogP contribution in [0.25, 0.3) is 5.69 Å². The molecule has 0 bridgehead atoms. The van der Waals surface area contributed by atoms with Crippen LogP contribution < -0.4 is 15.4 Å². The maximum absolute atomic E-state index is 15.0. The molecule has 2 heterocycles. The number of halogens is 2. The van der Waals surface area contributed by atoms with Crippen LogP contribution in [0.1, 0.15) is 12.1 Å². The number of carbonyl (C=O) groups is 3. The molecule has 0 aliphatic carbocycles. The van der Waals surface area contributed by atoms with E-state index in [1.54, 1.807) is 30.3 Å². The van der Waals surface area contributed by atoms with Gasteiger partial charge in [0, 0.05) is 37.9 Å². The Kier molecular flexibility index (Phi) is 7.69. The van der Waals surface area contributed by atoms with E-state index in [0.29, 0.717) is 10.3 Å². The average molecular weight is 548 g/mol. The van der Waals surface area contributed by atoms with Crippen LogP contribution in [0.4, 0.5) is 20.6 Å².